The zero-order valence-electron chi connectivity index (χ0n) is 23.4. The van der Waals surface area contributed by atoms with Gasteiger partial charge in [0.15, 0.2) is 0 Å². The smallest absolute Gasteiger partial charge is 0.458 e. The van der Waals surface area contributed by atoms with E-state index in [9.17, 15) is 53.9 Å². The fraction of sp³-hybridized carbons (Fsp3) is 0.464. The van der Waals surface area contributed by atoms with Gasteiger partial charge < -0.3 is 20.7 Å². The zero-order chi connectivity index (χ0) is 33.3. The molecule has 244 valence electrons. The fourth-order valence-electron chi connectivity index (χ4n) is 3.78. The number of anilines is 1. The van der Waals surface area contributed by atoms with Gasteiger partial charge in [0.25, 0.3) is 5.91 Å². The van der Waals surface area contributed by atoms with E-state index in [1.807, 2.05) is 13.8 Å². The van der Waals surface area contributed by atoms with Crippen LogP contribution in [0.5, 0.6) is 5.75 Å². The molecule has 0 unspecified atom stereocenters. The normalized spacial score (nSPS) is 15.1. The molecule has 0 radical (unpaired) electrons. The first-order chi connectivity index (χ1) is 20.3. The summed E-state index contributed by atoms with van der Waals surface area (Å²) in [5.74, 6) is -6.13. The molecule has 0 spiro atoms. The number of ketones is 2. The minimum absolute atomic E-state index is 0.141. The number of carbonyl (C=O) groups excluding carboxylic acids is 3. The van der Waals surface area contributed by atoms with Gasteiger partial charge in [-0.3, -0.25) is 14.4 Å². The highest BCUT2D eigenvalue weighted by molar-refractivity contribution is 6.41. The molecule has 1 aliphatic rings. The molecule has 1 fully saturated rings. The van der Waals surface area contributed by atoms with Gasteiger partial charge in [-0.1, -0.05) is 13.8 Å². The number of alkyl halides is 9. The van der Waals surface area contributed by atoms with Crippen LogP contribution in [0.3, 0.4) is 0 Å². The molecule has 16 heteroatoms. The van der Waals surface area contributed by atoms with Crippen LogP contribution in [0.4, 0.5) is 45.2 Å². The standard InChI is InChI=1S/C24H30F3N3O2.C4F6O2/c1-16(2)22(30-19-7-5-18(6-8-19)24(25,26)27)15-29-23(31)17-3-9-20(10-4-17)32-21-11-13-28-14-12-21;5-3(6,7)1(11)2(12)4(8,9)10/h3-10,16,21-22,28,30H,11-15H2,1-2H3,(H,29,31);/t22-;/m0./s1. The lowest BCUT2D eigenvalue weighted by atomic mass is 10.0. The zero-order valence-corrected chi connectivity index (χ0v) is 23.4. The molecule has 0 bridgehead atoms. The van der Waals surface area contributed by atoms with Crippen molar-refractivity contribution >= 4 is 23.2 Å². The number of carbonyl (C=O) groups is 3. The van der Waals surface area contributed by atoms with Crippen LogP contribution in [-0.2, 0) is 15.8 Å². The predicted molar refractivity (Wildman–Crippen MR) is 141 cm³/mol. The summed E-state index contributed by atoms with van der Waals surface area (Å²) in [7, 11) is 0. The molecular weight excluding hydrogens is 613 g/mol. The number of ether oxygens (including phenoxy) is 1. The van der Waals surface area contributed by atoms with E-state index in [-0.39, 0.29) is 24.0 Å². The summed E-state index contributed by atoms with van der Waals surface area (Å²) in [6.07, 6.45) is -13.8. The van der Waals surface area contributed by atoms with Gasteiger partial charge in [0.05, 0.1) is 5.56 Å². The van der Waals surface area contributed by atoms with Crippen molar-refractivity contribution in [1.82, 2.24) is 10.6 Å². The highest BCUT2D eigenvalue weighted by Crippen LogP contribution is 2.30. The van der Waals surface area contributed by atoms with E-state index in [0.29, 0.717) is 17.8 Å². The molecule has 3 rings (SSSR count). The minimum Gasteiger partial charge on any atom is -0.490 e. The van der Waals surface area contributed by atoms with E-state index in [1.165, 1.54) is 12.1 Å². The van der Waals surface area contributed by atoms with Gasteiger partial charge in [-0.15, -0.1) is 0 Å². The molecule has 0 aliphatic carbocycles. The van der Waals surface area contributed by atoms with Crippen LogP contribution in [-0.4, -0.2) is 61.6 Å². The van der Waals surface area contributed by atoms with Crippen LogP contribution in [0.2, 0.25) is 0 Å². The maximum atomic E-state index is 12.7. The first kappa shape index (κ1) is 36.4. The van der Waals surface area contributed by atoms with E-state index < -0.39 is 35.7 Å². The Labute approximate surface area is 246 Å². The first-order valence-corrected chi connectivity index (χ1v) is 13.2. The van der Waals surface area contributed by atoms with E-state index in [4.69, 9.17) is 4.74 Å². The van der Waals surface area contributed by atoms with Crippen molar-refractivity contribution in [2.45, 2.75) is 57.4 Å². The monoisotopic (exact) mass is 643 g/mol. The second-order valence-corrected chi connectivity index (χ2v) is 10.0. The number of amides is 1. The molecule has 0 saturated carbocycles. The Morgan fingerprint density at radius 3 is 1.75 bits per heavy atom. The largest absolute Gasteiger partial charge is 0.490 e. The van der Waals surface area contributed by atoms with Crippen LogP contribution in [0, 0.1) is 5.92 Å². The summed E-state index contributed by atoms with van der Waals surface area (Å²) in [4.78, 5) is 31.8. The number of piperidine rings is 1. The number of benzene rings is 2. The summed E-state index contributed by atoms with van der Waals surface area (Å²) < 4.78 is 111. The maximum Gasteiger partial charge on any atom is 0.458 e. The van der Waals surface area contributed by atoms with Crippen molar-refractivity contribution in [2.75, 3.05) is 25.0 Å². The Morgan fingerprint density at radius 1 is 0.818 bits per heavy atom. The summed E-state index contributed by atoms with van der Waals surface area (Å²) in [5, 5.41) is 9.41. The molecule has 2 aromatic rings. The SMILES string of the molecule is CC(C)[C@H](CNC(=O)c1ccc(OC2CCNCC2)cc1)Nc1ccc(C(F)(F)F)cc1.O=C(C(=O)C(F)(F)F)C(F)(F)F. The van der Waals surface area contributed by atoms with Gasteiger partial charge >= 0.3 is 30.1 Å². The average Bonchev–Trinajstić information content (AvgIpc) is 2.94. The molecule has 44 heavy (non-hydrogen) atoms. The van der Waals surface area contributed by atoms with Crippen molar-refractivity contribution in [2.24, 2.45) is 5.92 Å². The summed E-state index contributed by atoms with van der Waals surface area (Å²) in [5.41, 5.74) is 0.412. The van der Waals surface area contributed by atoms with Gasteiger partial charge in [0.1, 0.15) is 11.9 Å². The number of Topliss-reactive ketones (excluding diaryl/α,β-unsaturated/α-hetero) is 2. The second-order valence-electron chi connectivity index (χ2n) is 10.0. The molecule has 1 aliphatic heterocycles. The molecule has 7 nitrogen and oxygen atoms in total. The summed E-state index contributed by atoms with van der Waals surface area (Å²) >= 11 is 0. The number of halogens is 9. The van der Waals surface area contributed by atoms with Gasteiger partial charge in [0.2, 0.25) is 0 Å². The topological polar surface area (TPSA) is 96.5 Å². The molecule has 1 atom stereocenters. The van der Waals surface area contributed by atoms with Gasteiger partial charge in [0, 0.05) is 23.8 Å². The molecule has 1 amide bonds. The predicted octanol–water partition coefficient (Wildman–Crippen LogP) is 5.95. The average molecular weight is 644 g/mol. The Kier molecular flexibility index (Phi) is 12.6. The number of hydrogen-bond donors (Lipinski definition) is 3. The summed E-state index contributed by atoms with van der Waals surface area (Å²) in [6.45, 7) is 6.21. The first-order valence-electron chi connectivity index (χ1n) is 13.2. The quantitative estimate of drug-likeness (QED) is 0.231. The highest BCUT2D eigenvalue weighted by atomic mass is 19.4. The van der Waals surface area contributed by atoms with Crippen LogP contribution in [0.1, 0.15) is 42.6 Å². The summed E-state index contributed by atoms with van der Waals surface area (Å²) in [6, 6.07) is 11.8. The van der Waals surface area contributed by atoms with Crippen LogP contribution >= 0.6 is 0 Å². The Hall–Kier alpha value is -3.82. The Bertz CT molecular complexity index is 1210. The van der Waals surface area contributed by atoms with E-state index in [2.05, 4.69) is 16.0 Å². The van der Waals surface area contributed by atoms with E-state index in [1.54, 1.807) is 24.3 Å². The third kappa shape index (κ3) is 11.7. The molecule has 0 aromatic heterocycles. The number of hydrogen-bond acceptors (Lipinski definition) is 6. The number of nitrogens with one attached hydrogen (secondary N) is 3. The van der Waals surface area contributed by atoms with E-state index in [0.717, 1.165) is 43.8 Å². The maximum absolute atomic E-state index is 12.7. The fourth-order valence-corrected chi connectivity index (χ4v) is 3.78. The Morgan fingerprint density at radius 2 is 1.32 bits per heavy atom. The Balaban J connectivity index is 0.000000477. The molecule has 3 N–H and O–H groups in total. The van der Waals surface area contributed by atoms with Gasteiger partial charge in [-0.2, -0.15) is 39.5 Å². The molecule has 1 heterocycles. The molecule has 1 saturated heterocycles. The minimum atomic E-state index is -5.77. The third-order valence-electron chi connectivity index (χ3n) is 6.28. The van der Waals surface area contributed by atoms with Crippen LogP contribution < -0.4 is 20.7 Å². The van der Waals surface area contributed by atoms with Gasteiger partial charge in [-0.25, -0.2) is 0 Å². The van der Waals surface area contributed by atoms with Crippen molar-refractivity contribution in [3.05, 3.63) is 59.7 Å². The highest BCUT2D eigenvalue weighted by Gasteiger charge is 2.54. The van der Waals surface area contributed by atoms with Crippen LogP contribution in [0.15, 0.2) is 48.5 Å². The lowest BCUT2D eigenvalue weighted by molar-refractivity contribution is -0.193. The van der Waals surface area contributed by atoms with Crippen molar-refractivity contribution < 1.29 is 58.6 Å². The lowest BCUT2D eigenvalue weighted by Crippen LogP contribution is -2.39. The van der Waals surface area contributed by atoms with Crippen LogP contribution in [0.25, 0.3) is 0 Å². The second kappa shape index (κ2) is 15.3. The lowest BCUT2D eigenvalue weighted by Gasteiger charge is -2.24. The number of rotatable bonds is 9. The van der Waals surface area contributed by atoms with Crippen molar-refractivity contribution in [1.29, 1.82) is 0 Å². The van der Waals surface area contributed by atoms with Crippen molar-refractivity contribution in [3.8, 4) is 5.75 Å². The van der Waals surface area contributed by atoms with Crippen molar-refractivity contribution in [3.63, 3.8) is 0 Å². The van der Waals surface area contributed by atoms with Gasteiger partial charge in [-0.05, 0) is 80.4 Å². The third-order valence-corrected chi connectivity index (χ3v) is 6.28. The molecule has 2 aromatic carbocycles. The van der Waals surface area contributed by atoms with E-state index >= 15 is 0 Å². The molecular formula is C28H30F9N3O4.